The fourth-order valence-electron chi connectivity index (χ4n) is 4.44. The molecule has 2 amide bonds. The standard InChI is InChI=1S/C26H23ClN2O7/c1-14-20(26(34)35-2)21(17-9-5-6-10-18(17)27)22(25(32)33)19(28-14)13-36-12-11-29-23(30)15-7-3-4-8-16(15)24(29)31/h3-10,21,28H,11-13H2,1-2H3,(H,32,33). The average Bonchev–Trinajstić information content (AvgIpc) is 3.10. The summed E-state index contributed by atoms with van der Waals surface area (Å²) in [5, 5.41) is 13.4. The maximum absolute atomic E-state index is 12.6. The van der Waals surface area contributed by atoms with Crippen LogP contribution in [0.1, 0.15) is 39.1 Å². The maximum atomic E-state index is 12.6. The number of carbonyl (C=O) groups is 4. The van der Waals surface area contributed by atoms with E-state index >= 15 is 0 Å². The van der Waals surface area contributed by atoms with Crippen LogP contribution in [-0.4, -0.2) is 60.6 Å². The molecule has 2 aromatic rings. The highest BCUT2D eigenvalue weighted by Gasteiger charge is 2.39. The zero-order valence-corrected chi connectivity index (χ0v) is 20.3. The molecule has 1 atom stereocenters. The summed E-state index contributed by atoms with van der Waals surface area (Å²) in [5.74, 6) is -3.75. The second-order valence-electron chi connectivity index (χ2n) is 8.17. The lowest BCUT2D eigenvalue weighted by Crippen LogP contribution is -2.35. The van der Waals surface area contributed by atoms with Crippen molar-refractivity contribution in [2.24, 2.45) is 0 Å². The zero-order chi connectivity index (χ0) is 26.0. The first-order valence-corrected chi connectivity index (χ1v) is 11.4. The van der Waals surface area contributed by atoms with Crippen LogP contribution in [0.3, 0.4) is 0 Å². The van der Waals surface area contributed by atoms with Gasteiger partial charge >= 0.3 is 11.9 Å². The van der Waals surface area contributed by atoms with Gasteiger partial charge in [0.05, 0.1) is 60.8 Å². The number of hydrogen-bond donors (Lipinski definition) is 2. The average molecular weight is 511 g/mol. The number of methoxy groups -OCH3 is 1. The largest absolute Gasteiger partial charge is 0.478 e. The summed E-state index contributed by atoms with van der Waals surface area (Å²) in [7, 11) is 1.22. The van der Waals surface area contributed by atoms with Crippen LogP contribution < -0.4 is 5.32 Å². The highest BCUT2D eigenvalue weighted by molar-refractivity contribution is 6.31. The van der Waals surface area contributed by atoms with Gasteiger partial charge in [-0.05, 0) is 30.7 Å². The summed E-state index contributed by atoms with van der Waals surface area (Å²) < 4.78 is 10.6. The molecule has 0 aliphatic carbocycles. The summed E-state index contributed by atoms with van der Waals surface area (Å²) >= 11 is 6.39. The molecule has 0 aromatic heterocycles. The lowest BCUT2D eigenvalue weighted by atomic mass is 9.80. The number of aliphatic carboxylic acids is 1. The van der Waals surface area contributed by atoms with Crippen LogP contribution >= 0.6 is 11.6 Å². The number of dihydropyridines is 1. The molecule has 0 fully saturated rings. The highest BCUT2D eigenvalue weighted by atomic mass is 35.5. The number of carbonyl (C=O) groups excluding carboxylic acids is 3. The Morgan fingerprint density at radius 2 is 1.64 bits per heavy atom. The van der Waals surface area contributed by atoms with Gasteiger partial charge in [0, 0.05) is 10.7 Å². The Morgan fingerprint density at radius 3 is 2.22 bits per heavy atom. The van der Waals surface area contributed by atoms with Crippen LogP contribution in [0.2, 0.25) is 5.02 Å². The number of benzene rings is 2. The van der Waals surface area contributed by atoms with Gasteiger partial charge in [-0.25, -0.2) is 9.59 Å². The minimum absolute atomic E-state index is 0.00178. The van der Waals surface area contributed by atoms with Crippen LogP contribution in [0.25, 0.3) is 0 Å². The third kappa shape index (κ3) is 4.50. The number of imide groups is 1. The highest BCUT2D eigenvalue weighted by Crippen LogP contribution is 2.41. The molecule has 1 unspecified atom stereocenters. The van der Waals surface area contributed by atoms with Gasteiger partial charge in [0.15, 0.2) is 0 Å². The number of esters is 1. The number of halogens is 1. The molecule has 36 heavy (non-hydrogen) atoms. The minimum atomic E-state index is -1.26. The smallest absolute Gasteiger partial charge is 0.336 e. The van der Waals surface area contributed by atoms with E-state index in [-0.39, 0.29) is 36.6 Å². The Kier molecular flexibility index (Phi) is 7.23. The van der Waals surface area contributed by atoms with Crippen molar-refractivity contribution in [3.63, 3.8) is 0 Å². The van der Waals surface area contributed by atoms with E-state index in [0.717, 1.165) is 4.90 Å². The summed E-state index contributed by atoms with van der Waals surface area (Å²) in [5.41, 5.74) is 1.74. The predicted molar refractivity (Wildman–Crippen MR) is 129 cm³/mol. The Morgan fingerprint density at radius 1 is 1.03 bits per heavy atom. The topological polar surface area (TPSA) is 122 Å². The molecule has 2 aliphatic rings. The van der Waals surface area contributed by atoms with Gasteiger partial charge in [-0.1, -0.05) is 41.9 Å². The molecule has 9 nitrogen and oxygen atoms in total. The molecule has 2 aliphatic heterocycles. The van der Waals surface area contributed by atoms with Crippen molar-refractivity contribution in [3.05, 3.63) is 92.8 Å². The summed E-state index contributed by atoms with van der Waals surface area (Å²) in [6.45, 7) is 1.44. The third-order valence-corrected chi connectivity index (χ3v) is 6.42. The van der Waals surface area contributed by atoms with Crippen molar-refractivity contribution < 1.29 is 33.8 Å². The van der Waals surface area contributed by atoms with Crippen LogP contribution in [-0.2, 0) is 19.1 Å². The molecule has 2 heterocycles. The first kappa shape index (κ1) is 25.2. The molecule has 2 N–H and O–H groups in total. The monoisotopic (exact) mass is 510 g/mol. The molecule has 0 saturated heterocycles. The number of carboxylic acids is 1. The first-order valence-electron chi connectivity index (χ1n) is 11.1. The molecule has 2 aromatic carbocycles. The van der Waals surface area contributed by atoms with E-state index < -0.39 is 29.7 Å². The van der Waals surface area contributed by atoms with Crippen molar-refractivity contribution >= 4 is 35.4 Å². The lowest BCUT2D eigenvalue weighted by Gasteiger charge is -2.31. The third-order valence-electron chi connectivity index (χ3n) is 6.08. The molecule has 0 spiro atoms. The van der Waals surface area contributed by atoms with E-state index in [9.17, 15) is 24.3 Å². The zero-order valence-electron chi connectivity index (χ0n) is 19.5. The molecule has 4 rings (SSSR count). The van der Waals surface area contributed by atoms with Gasteiger partial charge in [0.25, 0.3) is 11.8 Å². The number of amides is 2. The van der Waals surface area contributed by atoms with E-state index in [4.69, 9.17) is 21.1 Å². The number of rotatable bonds is 8. The Labute approximate surface area is 211 Å². The van der Waals surface area contributed by atoms with Crippen LogP contribution in [0.5, 0.6) is 0 Å². The number of hydrogen-bond acceptors (Lipinski definition) is 7. The predicted octanol–water partition coefficient (Wildman–Crippen LogP) is 3.13. The SMILES string of the molecule is COC(=O)C1=C(C)NC(COCCN2C(=O)c3ccccc3C2=O)=C(C(=O)O)C1c1ccccc1Cl. The Hall–Kier alpha value is -3.95. The van der Waals surface area contributed by atoms with Gasteiger partial charge < -0.3 is 19.9 Å². The van der Waals surface area contributed by atoms with Crippen molar-refractivity contribution in [1.29, 1.82) is 0 Å². The summed E-state index contributed by atoms with van der Waals surface area (Å²) in [4.78, 5) is 51.2. The van der Waals surface area contributed by atoms with Gasteiger partial charge in [0.2, 0.25) is 0 Å². The lowest BCUT2D eigenvalue weighted by molar-refractivity contribution is -0.136. The van der Waals surface area contributed by atoms with Gasteiger partial charge in [0.1, 0.15) is 0 Å². The number of nitrogens with one attached hydrogen (secondary N) is 1. The van der Waals surface area contributed by atoms with Crippen molar-refractivity contribution in [3.8, 4) is 0 Å². The fraction of sp³-hybridized carbons (Fsp3) is 0.231. The Bertz CT molecular complexity index is 1300. The second-order valence-corrected chi connectivity index (χ2v) is 8.57. The minimum Gasteiger partial charge on any atom is -0.478 e. The van der Waals surface area contributed by atoms with Crippen LogP contribution in [0, 0.1) is 0 Å². The van der Waals surface area contributed by atoms with Crippen LogP contribution in [0.15, 0.2) is 71.1 Å². The van der Waals surface area contributed by atoms with Crippen LogP contribution in [0.4, 0.5) is 0 Å². The normalized spacial score (nSPS) is 17.3. The van der Waals surface area contributed by atoms with Gasteiger partial charge in [-0.3, -0.25) is 14.5 Å². The van der Waals surface area contributed by atoms with E-state index in [2.05, 4.69) is 5.32 Å². The molecule has 0 bridgehead atoms. The van der Waals surface area contributed by atoms with Crippen molar-refractivity contribution in [2.75, 3.05) is 26.9 Å². The first-order chi connectivity index (χ1) is 17.3. The quantitative estimate of drug-likeness (QED) is 0.315. The molecule has 0 saturated carbocycles. The number of ether oxygens (including phenoxy) is 2. The van der Waals surface area contributed by atoms with E-state index in [1.54, 1.807) is 55.5 Å². The summed E-state index contributed by atoms with van der Waals surface area (Å²) in [6.07, 6.45) is 0. The number of allylic oxidation sites excluding steroid dienone is 1. The number of carboxylic acid groups (broad SMARTS) is 1. The molecule has 10 heteroatoms. The van der Waals surface area contributed by atoms with E-state index in [0.29, 0.717) is 27.4 Å². The second kappa shape index (κ2) is 10.3. The van der Waals surface area contributed by atoms with E-state index in [1.165, 1.54) is 7.11 Å². The molecule has 186 valence electrons. The molecule has 0 radical (unpaired) electrons. The van der Waals surface area contributed by atoms with Gasteiger partial charge in [-0.15, -0.1) is 0 Å². The number of nitrogens with zero attached hydrogens (tertiary/aromatic N) is 1. The maximum Gasteiger partial charge on any atom is 0.336 e. The van der Waals surface area contributed by atoms with Gasteiger partial charge in [-0.2, -0.15) is 0 Å². The fourth-order valence-corrected chi connectivity index (χ4v) is 4.68. The molecular weight excluding hydrogens is 488 g/mol. The van der Waals surface area contributed by atoms with Crippen molar-refractivity contribution in [2.45, 2.75) is 12.8 Å². The number of fused-ring (bicyclic) bond motifs is 1. The Balaban J connectivity index is 1.56. The van der Waals surface area contributed by atoms with Crippen molar-refractivity contribution in [1.82, 2.24) is 10.2 Å². The molecular formula is C26H23ClN2O7. The van der Waals surface area contributed by atoms with E-state index in [1.807, 2.05) is 0 Å². The summed E-state index contributed by atoms with van der Waals surface area (Å²) in [6, 6.07) is 13.2.